The number of nitrogens with one attached hydrogen (secondary N) is 1. The van der Waals surface area contributed by atoms with Crippen molar-refractivity contribution >= 4 is 18.0 Å². The third-order valence-electron chi connectivity index (χ3n) is 3.22. The molecule has 5 nitrogen and oxygen atoms in total. The Morgan fingerprint density at radius 3 is 2.84 bits per heavy atom. The zero-order chi connectivity index (χ0) is 13.7. The van der Waals surface area contributed by atoms with E-state index in [4.69, 9.17) is 5.11 Å². The van der Waals surface area contributed by atoms with Crippen molar-refractivity contribution in [2.24, 2.45) is 5.92 Å². The van der Waals surface area contributed by atoms with E-state index in [9.17, 15) is 9.59 Å². The monoisotopic (exact) mass is 260 g/mol. The van der Waals surface area contributed by atoms with E-state index in [1.54, 1.807) is 6.07 Å². The molecule has 1 aliphatic carbocycles. The molecule has 0 radical (unpaired) electrons. The second-order valence-electron chi connectivity index (χ2n) is 4.69. The van der Waals surface area contributed by atoms with Crippen molar-refractivity contribution in [1.29, 1.82) is 0 Å². The van der Waals surface area contributed by atoms with Crippen molar-refractivity contribution in [2.45, 2.75) is 19.3 Å². The van der Waals surface area contributed by atoms with Crippen LogP contribution in [0.5, 0.6) is 0 Å². The first-order chi connectivity index (χ1) is 9.15. The highest BCUT2D eigenvalue weighted by Crippen LogP contribution is 2.25. The first-order valence-electron chi connectivity index (χ1n) is 6.29. The van der Waals surface area contributed by atoms with Crippen molar-refractivity contribution in [3.8, 4) is 0 Å². The Kier molecular flexibility index (Phi) is 4.28. The van der Waals surface area contributed by atoms with E-state index >= 15 is 0 Å². The minimum Gasteiger partial charge on any atom is -0.478 e. The lowest BCUT2D eigenvalue weighted by atomic mass is 9.85. The molecular weight excluding hydrogens is 244 g/mol. The predicted octanol–water partition coefficient (Wildman–Crippen LogP) is 1.71. The molecule has 1 aromatic rings. The normalized spacial score (nSPS) is 15.2. The summed E-state index contributed by atoms with van der Waals surface area (Å²) in [6.45, 7) is 0.702. The van der Waals surface area contributed by atoms with Crippen LogP contribution in [0.25, 0.3) is 6.08 Å². The van der Waals surface area contributed by atoms with Crippen LogP contribution in [-0.2, 0) is 4.79 Å². The van der Waals surface area contributed by atoms with Crippen molar-refractivity contribution in [1.82, 2.24) is 10.3 Å². The predicted molar refractivity (Wildman–Crippen MR) is 70.6 cm³/mol. The van der Waals surface area contributed by atoms with Gasteiger partial charge in [-0.2, -0.15) is 0 Å². The fourth-order valence-corrected chi connectivity index (χ4v) is 1.88. The quantitative estimate of drug-likeness (QED) is 0.790. The van der Waals surface area contributed by atoms with Crippen LogP contribution in [0, 0.1) is 5.92 Å². The van der Waals surface area contributed by atoms with E-state index in [0.29, 0.717) is 23.6 Å². The third-order valence-corrected chi connectivity index (χ3v) is 3.22. The summed E-state index contributed by atoms with van der Waals surface area (Å²) in [7, 11) is 0. The Labute approximate surface area is 111 Å². The van der Waals surface area contributed by atoms with Gasteiger partial charge >= 0.3 is 5.97 Å². The van der Waals surface area contributed by atoms with E-state index in [-0.39, 0.29) is 5.91 Å². The summed E-state index contributed by atoms with van der Waals surface area (Å²) in [6, 6.07) is 1.63. The fraction of sp³-hybridized carbons (Fsp3) is 0.357. The Morgan fingerprint density at radius 2 is 2.21 bits per heavy atom. The smallest absolute Gasteiger partial charge is 0.328 e. The summed E-state index contributed by atoms with van der Waals surface area (Å²) in [5.74, 6) is -0.586. The lowest BCUT2D eigenvalue weighted by Gasteiger charge is -2.25. The Bertz CT molecular complexity index is 507. The standard InChI is InChI=1S/C14H16N2O3/c17-13(18)5-4-11-6-12(9-15-7-11)14(19)16-8-10-2-1-3-10/h4-7,9-10H,1-3,8H2,(H,16,19)(H,17,18)/b5-4+. The number of carboxylic acid groups (broad SMARTS) is 1. The summed E-state index contributed by atoms with van der Waals surface area (Å²) in [5.41, 5.74) is 1.05. The number of carbonyl (C=O) groups is 2. The molecular formula is C14H16N2O3. The van der Waals surface area contributed by atoms with Crippen molar-refractivity contribution in [2.75, 3.05) is 6.54 Å². The van der Waals surface area contributed by atoms with Crippen molar-refractivity contribution < 1.29 is 14.7 Å². The molecule has 19 heavy (non-hydrogen) atoms. The van der Waals surface area contributed by atoms with Gasteiger partial charge in [0, 0.05) is 25.0 Å². The molecule has 1 fully saturated rings. The number of carboxylic acids is 1. The van der Waals surface area contributed by atoms with Gasteiger partial charge in [-0.3, -0.25) is 9.78 Å². The van der Waals surface area contributed by atoms with Crippen molar-refractivity contribution in [3.05, 3.63) is 35.7 Å². The minimum atomic E-state index is -1.03. The van der Waals surface area contributed by atoms with Crippen LogP contribution in [0.15, 0.2) is 24.5 Å². The molecule has 0 atom stereocenters. The number of nitrogens with zero attached hydrogens (tertiary/aromatic N) is 1. The van der Waals surface area contributed by atoms with Crippen molar-refractivity contribution in [3.63, 3.8) is 0 Å². The molecule has 0 bridgehead atoms. The zero-order valence-corrected chi connectivity index (χ0v) is 10.5. The lowest BCUT2D eigenvalue weighted by Crippen LogP contribution is -2.32. The van der Waals surface area contributed by atoms with Gasteiger partial charge in [0.25, 0.3) is 5.91 Å². The number of aliphatic carboxylic acids is 1. The maximum absolute atomic E-state index is 11.9. The molecule has 100 valence electrons. The van der Waals surface area contributed by atoms with Gasteiger partial charge in [0.15, 0.2) is 0 Å². The van der Waals surface area contributed by atoms with Gasteiger partial charge in [-0.1, -0.05) is 6.42 Å². The number of hydrogen-bond acceptors (Lipinski definition) is 3. The number of carbonyl (C=O) groups excluding carboxylic acids is 1. The highest BCUT2D eigenvalue weighted by atomic mass is 16.4. The average molecular weight is 260 g/mol. The maximum Gasteiger partial charge on any atom is 0.328 e. The van der Waals surface area contributed by atoms with E-state index in [2.05, 4.69) is 10.3 Å². The second-order valence-corrected chi connectivity index (χ2v) is 4.69. The van der Waals surface area contributed by atoms with Gasteiger partial charge < -0.3 is 10.4 Å². The van der Waals surface area contributed by atoms with E-state index in [1.807, 2.05) is 0 Å². The molecule has 2 rings (SSSR count). The van der Waals surface area contributed by atoms with Crippen LogP contribution < -0.4 is 5.32 Å². The molecule has 0 spiro atoms. The van der Waals surface area contributed by atoms with Crippen LogP contribution in [0.4, 0.5) is 0 Å². The van der Waals surface area contributed by atoms with Gasteiger partial charge in [0.05, 0.1) is 5.56 Å². The van der Waals surface area contributed by atoms with Crippen LogP contribution in [0.1, 0.15) is 35.2 Å². The first kappa shape index (κ1) is 13.3. The summed E-state index contributed by atoms with van der Waals surface area (Å²) in [5, 5.41) is 11.4. The molecule has 0 aliphatic heterocycles. The van der Waals surface area contributed by atoms with Gasteiger partial charge in [-0.25, -0.2) is 4.79 Å². The Balaban J connectivity index is 1.96. The molecule has 1 saturated carbocycles. The van der Waals surface area contributed by atoms with Crippen LogP contribution in [-0.4, -0.2) is 28.5 Å². The second kappa shape index (κ2) is 6.13. The largest absolute Gasteiger partial charge is 0.478 e. The highest BCUT2D eigenvalue weighted by Gasteiger charge is 2.18. The third kappa shape index (κ3) is 3.91. The van der Waals surface area contributed by atoms with Gasteiger partial charge in [-0.15, -0.1) is 0 Å². The van der Waals surface area contributed by atoms with Gasteiger partial charge in [0.2, 0.25) is 0 Å². The summed E-state index contributed by atoms with van der Waals surface area (Å²) >= 11 is 0. The van der Waals surface area contributed by atoms with Gasteiger partial charge in [0.1, 0.15) is 0 Å². The molecule has 0 unspecified atom stereocenters. The van der Waals surface area contributed by atoms with E-state index < -0.39 is 5.97 Å². The summed E-state index contributed by atoms with van der Waals surface area (Å²) < 4.78 is 0. The van der Waals surface area contributed by atoms with Crippen LogP contribution in [0.2, 0.25) is 0 Å². The zero-order valence-electron chi connectivity index (χ0n) is 10.5. The average Bonchev–Trinajstić information content (AvgIpc) is 2.34. The molecule has 2 N–H and O–H groups in total. The lowest BCUT2D eigenvalue weighted by molar-refractivity contribution is -0.131. The minimum absolute atomic E-state index is 0.162. The number of aromatic nitrogens is 1. The molecule has 0 aromatic carbocycles. The molecule has 5 heteroatoms. The van der Waals surface area contributed by atoms with E-state index in [0.717, 1.165) is 6.08 Å². The molecule has 0 saturated heterocycles. The fourth-order valence-electron chi connectivity index (χ4n) is 1.88. The van der Waals surface area contributed by atoms with Crippen LogP contribution in [0.3, 0.4) is 0 Å². The van der Waals surface area contributed by atoms with Crippen LogP contribution >= 0.6 is 0 Å². The topological polar surface area (TPSA) is 79.3 Å². The molecule has 1 aliphatic rings. The Hall–Kier alpha value is -2.17. The summed E-state index contributed by atoms with van der Waals surface area (Å²) in [4.78, 5) is 26.2. The SMILES string of the molecule is O=C(O)/C=C/c1cncc(C(=O)NCC2CCC2)c1. The molecule has 1 amide bonds. The molecule has 1 aromatic heterocycles. The Morgan fingerprint density at radius 1 is 1.42 bits per heavy atom. The molecule has 1 heterocycles. The van der Waals surface area contributed by atoms with Gasteiger partial charge in [-0.05, 0) is 36.5 Å². The first-order valence-corrected chi connectivity index (χ1v) is 6.29. The number of hydrogen-bond donors (Lipinski definition) is 2. The number of amides is 1. The number of rotatable bonds is 5. The maximum atomic E-state index is 11.9. The number of pyridine rings is 1. The highest BCUT2D eigenvalue weighted by molar-refractivity contribution is 5.94. The van der Waals surface area contributed by atoms with E-state index in [1.165, 1.54) is 37.7 Å². The summed E-state index contributed by atoms with van der Waals surface area (Å²) in [6.07, 6.45) is 9.04.